The third kappa shape index (κ3) is 3.93. The van der Waals surface area contributed by atoms with Gasteiger partial charge in [-0.05, 0) is 49.8 Å². The molecule has 2 aliphatic rings. The van der Waals surface area contributed by atoms with Crippen LogP contribution < -0.4 is 4.90 Å². The van der Waals surface area contributed by atoms with Crippen LogP contribution in [0.25, 0.3) is 11.1 Å². The highest BCUT2D eigenvalue weighted by molar-refractivity contribution is 5.80. The summed E-state index contributed by atoms with van der Waals surface area (Å²) >= 11 is 0. The zero-order chi connectivity index (χ0) is 21.2. The summed E-state index contributed by atoms with van der Waals surface area (Å²) in [5.74, 6) is 0.885. The van der Waals surface area contributed by atoms with Crippen molar-refractivity contribution in [3.63, 3.8) is 0 Å². The van der Waals surface area contributed by atoms with E-state index in [-0.39, 0.29) is 5.92 Å². The summed E-state index contributed by atoms with van der Waals surface area (Å²) in [5, 5.41) is 0. The van der Waals surface area contributed by atoms with Crippen molar-refractivity contribution in [3.05, 3.63) is 60.2 Å². The Morgan fingerprint density at radius 1 is 1.03 bits per heavy atom. The molecule has 0 unspecified atom stereocenters. The van der Waals surface area contributed by atoms with Crippen molar-refractivity contribution in [3.8, 4) is 0 Å². The average Bonchev–Trinajstić information content (AvgIpc) is 3.47. The summed E-state index contributed by atoms with van der Waals surface area (Å²) in [4.78, 5) is 22.5. The number of likely N-dealkylation sites (tertiary alicyclic amines) is 1. The van der Waals surface area contributed by atoms with Crippen LogP contribution >= 0.6 is 0 Å². The summed E-state index contributed by atoms with van der Waals surface area (Å²) < 4.78 is 5.93. The van der Waals surface area contributed by atoms with Gasteiger partial charge >= 0.3 is 0 Å². The van der Waals surface area contributed by atoms with Crippen molar-refractivity contribution in [1.82, 2.24) is 9.88 Å². The molecule has 0 N–H and O–H groups in total. The molecule has 2 fully saturated rings. The quantitative estimate of drug-likeness (QED) is 0.570. The highest BCUT2D eigenvalue weighted by atomic mass is 16.4. The normalized spacial score (nSPS) is 21.0. The molecule has 1 amide bonds. The molecule has 0 radical (unpaired) electrons. The molecule has 2 saturated heterocycles. The number of fused-ring (bicyclic) bond motifs is 1. The molecular weight excluding hydrogens is 386 g/mol. The van der Waals surface area contributed by atoms with E-state index < -0.39 is 0 Å². The monoisotopic (exact) mass is 417 g/mol. The Bertz CT molecular complexity index is 990. The Hall–Kier alpha value is -2.82. The number of amides is 1. The van der Waals surface area contributed by atoms with Crippen LogP contribution in [-0.4, -0.2) is 41.5 Å². The predicted octanol–water partition coefficient (Wildman–Crippen LogP) is 5.23. The molecule has 2 aliphatic heterocycles. The lowest BCUT2D eigenvalue weighted by Crippen LogP contribution is -2.46. The number of piperidine rings is 1. The lowest BCUT2D eigenvalue weighted by Gasteiger charge is -2.36. The minimum atomic E-state index is 0.106. The maximum atomic E-state index is 13.5. The van der Waals surface area contributed by atoms with Crippen molar-refractivity contribution in [2.75, 3.05) is 24.5 Å². The zero-order valence-corrected chi connectivity index (χ0v) is 18.2. The van der Waals surface area contributed by atoms with Gasteiger partial charge in [0.05, 0.1) is 0 Å². The van der Waals surface area contributed by atoms with E-state index in [1.54, 1.807) is 0 Å². The molecule has 0 spiro atoms. The second kappa shape index (κ2) is 8.74. The van der Waals surface area contributed by atoms with Gasteiger partial charge in [-0.1, -0.05) is 49.4 Å². The van der Waals surface area contributed by atoms with Crippen LogP contribution in [-0.2, 0) is 4.79 Å². The fraction of sp³-hybridized carbons (Fsp3) is 0.462. The molecule has 162 valence electrons. The van der Waals surface area contributed by atoms with Gasteiger partial charge in [-0.15, -0.1) is 0 Å². The van der Waals surface area contributed by atoms with E-state index in [0.717, 1.165) is 62.8 Å². The van der Waals surface area contributed by atoms with Crippen molar-refractivity contribution in [1.29, 1.82) is 0 Å². The second-order valence-corrected chi connectivity index (χ2v) is 8.89. The molecule has 3 aromatic rings. The van der Waals surface area contributed by atoms with Gasteiger partial charge in [-0.25, -0.2) is 0 Å². The smallest absolute Gasteiger partial charge is 0.298 e. The summed E-state index contributed by atoms with van der Waals surface area (Å²) in [6.45, 7) is 4.78. The number of para-hydroxylation sites is 2. The topological polar surface area (TPSA) is 49.6 Å². The number of nitrogens with zero attached hydrogens (tertiary/aromatic N) is 3. The van der Waals surface area contributed by atoms with E-state index in [2.05, 4.69) is 52.0 Å². The third-order valence-electron chi connectivity index (χ3n) is 7.11. The standard InChI is InChI=1S/C26H31N3O2/c1-2-21(19-9-4-3-5-10-19)23-12-8-16-29(23)25(30)20-14-17-28(18-15-20)26-27-22-11-6-7-13-24(22)31-26/h3-7,9-11,13,20-21,23H,2,8,12,14-18H2,1H3/t21-,23-/m1/s1. The Morgan fingerprint density at radius 3 is 2.52 bits per heavy atom. The first kappa shape index (κ1) is 20.1. The van der Waals surface area contributed by atoms with Gasteiger partial charge in [-0.2, -0.15) is 4.98 Å². The van der Waals surface area contributed by atoms with Crippen LogP contribution in [0.4, 0.5) is 6.01 Å². The largest absolute Gasteiger partial charge is 0.423 e. The second-order valence-electron chi connectivity index (χ2n) is 8.89. The van der Waals surface area contributed by atoms with E-state index in [1.807, 2.05) is 24.3 Å². The molecule has 0 bridgehead atoms. The minimum Gasteiger partial charge on any atom is -0.423 e. The van der Waals surface area contributed by atoms with Crippen molar-refractivity contribution in [2.24, 2.45) is 5.92 Å². The zero-order valence-electron chi connectivity index (χ0n) is 18.2. The number of hydrogen-bond donors (Lipinski definition) is 0. The van der Waals surface area contributed by atoms with Crippen LogP contribution in [0.5, 0.6) is 0 Å². The molecule has 1 aromatic heterocycles. The van der Waals surface area contributed by atoms with Gasteiger partial charge in [0, 0.05) is 37.5 Å². The molecule has 0 aliphatic carbocycles. The van der Waals surface area contributed by atoms with Gasteiger partial charge in [0.1, 0.15) is 5.52 Å². The van der Waals surface area contributed by atoms with Crippen molar-refractivity contribution < 1.29 is 9.21 Å². The first-order chi connectivity index (χ1) is 15.2. The Balaban J connectivity index is 1.25. The molecule has 0 saturated carbocycles. The maximum Gasteiger partial charge on any atom is 0.298 e. The number of rotatable bonds is 5. The summed E-state index contributed by atoms with van der Waals surface area (Å²) in [6.07, 6.45) is 5.02. The molecule has 5 heteroatoms. The highest BCUT2D eigenvalue weighted by Gasteiger charge is 2.38. The first-order valence-electron chi connectivity index (χ1n) is 11.7. The number of hydrogen-bond acceptors (Lipinski definition) is 4. The summed E-state index contributed by atoms with van der Waals surface area (Å²) in [5.41, 5.74) is 3.07. The number of oxazole rings is 1. The van der Waals surface area contributed by atoms with E-state index in [0.29, 0.717) is 23.9 Å². The lowest BCUT2D eigenvalue weighted by molar-refractivity contribution is -0.137. The van der Waals surface area contributed by atoms with Crippen LogP contribution in [0, 0.1) is 5.92 Å². The molecule has 3 heterocycles. The van der Waals surface area contributed by atoms with Crippen LogP contribution in [0.1, 0.15) is 50.5 Å². The molecule has 5 rings (SSSR count). The number of carbonyl (C=O) groups is 1. The third-order valence-corrected chi connectivity index (χ3v) is 7.11. The Morgan fingerprint density at radius 2 is 1.77 bits per heavy atom. The molecule has 2 atom stereocenters. The molecule has 2 aromatic carbocycles. The number of carbonyl (C=O) groups excluding carboxylic acids is 1. The van der Waals surface area contributed by atoms with E-state index in [4.69, 9.17) is 4.42 Å². The molecule has 5 nitrogen and oxygen atoms in total. The van der Waals surface area contributed by atoms with Gasteiger partial charge in [-0.3, -0.25) is 4.79 Å². The fourth-order valence-corrected chi connectivity index (χ4v) is 5.46. The van der Waals surface area contributed by atoms with Gasteiger partial charge in [0.15, 0.2) is 5.58 Å². The summed E-state index contributed by atoms with van der Waals surface area (Å²) in [6, 6.07) is 19.6. The highest BCUT2D eigenvalue weighted by Crippen LogP contribution is 2.36. The van der Waals surface area contributed by atoms with E-state index >= 15 is 0 Å². The molecular formula is C26H31N3O2. The van der Waals surface area contributed by atoms with Crippen molar-refractivity contribution >= 4 is 23.0 Å². The first-order valence-corrected chi connectivity index (χ1v) is 11.7. The van der Waals surface area contributed by atoms with Crippen molar-refractivity contribution in [2.45, 2.75) is 51.0 Å². The minimum absolute atomic E-state index is 0.106. The fourth-order valence-electron chi connectivity index (χ4n) is 5.46. The average molecular weight is 418 g/mol. The van der Waals surface area contributed by atoms with E-state index in [9.17, 15) is 4.79 Å². The summed E-state index contributed by atoms with van der Waals surface area (Å²) in [7, 11) is 0. The van der Waals surface area contributed by atoms with Crippen LogP contribution in [0.2, 0.25) is 0 Å². The number of aromatic nitrogens is 1. The SMILES string of the molecule is CC[C@H](c1ccccc1)[C@H]1CCCN1C(=O)C1CCN(c2nc3ccccc3o2)CC1. The Kier molecular flexibility index (Phi) is 5.66. The molecule has 31 heavy (non-hydrogen) atoms. The predicted molar refractivity (Wildman–Crippen MR) is 123 cm³/mol. The number of anilines is 1. The van der Waals surface area contributed by atoms with Gasteiger partial charge in [0.25, 0.3) is 6.01 Å². The Labute approximate surface area is 184 Å². The van der Waals surface area contributed by atoms with Crippen LogP contribution in [0.15, 0.2) is 59.0 Å². The van der Waals surface area contributed by atoms with E-state index in [1.165, 1.54) is 5.56 Å². The number of benzene rings is 2. The van der Waals surface area contributed by atoms with Crippen LogP contribution in [0.3, 0.4) is 0 Å². The van der Waals surface area contributed by atoms with Gasteiger partial charge < -0.3 is 14.2 Å². The van der Waals surface area contributed by atoms with Gasteiger partial charge in [0.2, 0.25) is 5.91 Å². The maximum absolute atomic E-state index is 13.5. The lowest BCUT2D eigenvalue weighted by atomic mass is 9.86.